The molecule has 0 atom stereocenters. The average Bonchev–Trinajstić information content (AvgIpc) is 0.839. The van der Waals surface area contributed by atoms with E-state index in [4.69, 9.17) is 235 Å². The number of nitrogens with zero attached hydrogens (tertiary/aromatic N) is 6. The van der Waals surface area contributed by atoms with Gasteiger partial charge in [0.2, 0.25) is 0 Å². The first-order chi connectivity index (χ1) is 69.1. The van der Waals surface area contributed by atoms with Crippen molar-refractivity contribution in [2.75, 3.05) is 486 Å². The Balaban J connectivity index is 1.72. The van der Waals surface area contributed by atoms with E-state index in [2.05, 4.69) is 30.7 Å². The molecule has 1 rings (SSSR count). The zero-order valence-corrected chi connectivity index (χ0v) is 80.4. The van der Waals surface area contributed by atoms with Crippen molar-refractivity contribution in [3.63, 3.8) is 0 Å². The molecule has 0 radical (unpaired) electrons. The summed E-state index contributed by atoms with van der Waals surface area (Å²) in [5.74, 6) is -0.800. The van der Waals surface area contributed by atoms with Crippen LogP contribution in [0.5, 0.6) is 0 Å². The van der Waals surface area contributed by atoms with Gasteiger partial charge in [-0.25, -0.2) is 0 Å². The normalized spacial score (nSPS) is 11.5. The fraction of sp³-hybridized carbons (Fsp3) is 0.902. The van der Waals surface area contributed by atoms with Crippen LogP contribution in [0, 0.1) is 0 Å². The third-order valence-corrected chi connectivity index (χ3v) is 15.3. The molecule has 816 valence electrons. The Morgan fingerprint density at radius 3 is 0.525 bits per heavy atom. The van der Waals surface area contributed by atoms with Crippen molar-refractivity contribution >= 4 is 11.8 Å². The minimum absolute atomic E-state index is 0.0818. The van der Waals surface area contributed by atoms with E-state index in [9.17, 15) is 9.59 Å². The van der Waals surface area contributed by atoms with Crippen LogP contribution in [0.1, 0.15) is 26.3 Å². The predicted octanol–water partition coefficient (Wildman–Crippen LogP) is 1.01. The average molecular weight is 2040 g/mol. The lowest BCUT2D eigenvalue weighted by Gasteiger charge is -2.11. The van der Waals surface area contributed by atoms with Crippen molar-refractivity contribution in [2.45, 2.75) is 6.54 Å². The summed E-state index contributed by atoms with van der Waals surface area (Å²) in [4.78, 5) is 31.1. The number of nitrogens with two attached hydrogens (primary N) is 1. The highest BCUT2D eigenvalue weighted by Crippen LogP contribution is 2.12. The van der Waals surface area contributed by atoms with Gasteiger partial charge in [0, 0.05) is 47.1 Å². The zero-order valence-electron chi connectivity index (χ0n) is 80.4. The van der Waals surface area contributed by atoms with E-state index in [0.717, 1.165) is 0 Å². The number of carbonyl (C=O) groups is 2. The van der Waals surface area contributed by atoms with E-state index >= 15 is 0 Å². The number of benzene rings is 1. The molecular formula is C82H155N9O48. The predicted molar refractivity (Wildman–Crippen MR) is 473 cm³/mol. The molecule has 0 saturated carbocycles. The molecule has 1 aromatic rings. The van der Waals surface area contributed by atoms with Crippen molar-refractivity contribution in [1.29, 1.82) is 0 Å². The quantitative estimate of drug-likeness (QED) is 0.0269. The van der Waals surface area contributed by atoms with Gasteiger partial charge in [0.05, 0.1) is 311 Å². The molecule has 0 heterocycles. The van der Waals surface area contributed by atoms with Crippen molar-refractivity contribution in [3.05, 3.63) is 55.8 Å². The highest BCUT2D eigenvalue weighted by molar-refractivity contribution is 6.00. The van der Waals surface area contributed by atoms with Crippen LogP contribution in [0.2, 0.25) is 0 Å². The van der Waals surface area contributed by atoms with Crippen LogP contribution >= 0.6 is 0 Å². The SMILES string of the molecule is [N-]=[N+]=NCCOCCOCCOCCOCCOCCOCCOCCOCCOCCOCCOCCOCCOCCOCCOCCOCCOCCOCCOCCOCCOCCOCCOCCNC(=O)c1cc(CN)cc(C(=O)NCCOCOCOCOCOCOCOCOCOCOCOCOCOCOCOCOCOCOCOCOCOCOCOCN=[N+]=[N-])c1. The molecule has 0 bridgehead atoms. The molecular weight excluding hydrogens is 1880 g/mol. The molecule has 2 amide bonds. The Bertz CT molecular complexity index is 2690. The van der Waals surface area contributed by atoms with Crippen molar-refractivity contribution in [1.82, 2.24) is 10.6 Å². The van der Waals surface area contributed by atoms with Crippen LogP contribution in [0.3, 0.4) is 0 Å². The molecule has 0 aliphatic rings. The van der Waals surface area contributed by atoms with Crippen molar-refractivity contribution in [2.24, 2.45) is 16.0 Å². The number of azide groups is 2. The summed E-state index contributed by atoms with van der Waals surface area (Å²) in [5, 5.41) is 12.1. The number of carbonyl (C=O) groups excluding carboxylic acids is 2. The van der Waals surface area contributed by atoms with Gasteiger partial charge < -0.3 is 234 Å². The van der Waals surface area contributed by atoms with Crippen molar-refractivity contribution in [3.8, 4) is 0 Å². The van der Waals surface area contributed by atoms with Crippen LogP contribution in [0.25, 0.3) is 20.9 Å². The highest BCUT2D eigenvalue weighted by atomic mass is 16.9. The lowest BCUT2D eigenvalue weighted by atomic mass is 10.0. The Labute approximate surface area is 811 Å². The van der Waals surface area contributed by atoms with Crippen molar-refractivity contribution < 1.29 is 227 Å². The Hall–Kier alpha value is -5.10. The number of hydrogen-bond acceptors (Lipinski definition) is 51. The Morgan fingerprint density at radius 1 is 0.201 bits per heavy atom. The minimum atomic E-state index is -0.414. The lowest BCUT2D eigenvalue weighted by Crippen LogP contribution is -2.30. The number of ether oxygens (including phenoxy) is 46. The molecule has 1 aromatic carbocycles. The smallest absolute Gasteiger partial charge is 0.251 e. The molecule has 0 saturated heterocycles. The molecule has 0 unspecified atom stereocenters. The van der Waals surface area contributed by atoms with Gasteiger partial charge in [-0.15, -0.1) is 0 Å². The first-order valence-corrected chi connectivity index (χ1v) is 45.1. The van der Waals surface area contributed by atoms with Gasteiger partial charge in [-0.2, -0.15) is 0 Å². The van der Waals surface area contributed by atoms with Gasteiger partial charge in [0.15, 0.2) is 136 Å². The first-order valence-electron chi connectivity index (χ1n) is 45.1. The van der Waals surface area contributed by atoms with Crippen LogP contribution in [0.4, 0.5) is 0 Å². The molecule has 0 aromatic heterocycles. The van der Waals surface area contributed by atoms with Crippen LogP contribution in [-0.4, -0.2) is 498 Å². The maximum absolute atomic E-state index is 13.0. The maximum Gasteiger partial charge on any atom is 0.251 e. The van der Waals surface area contributed by atoms with Gasteiger partial charge in [0.1, 0.15) is 20.3 Å². The number of nitrogens with one attached hydrogen (secondary N) is 2. The highest BCUT2D eigenvalue weighted by Gasteiger charge is 2.14. The second kappa shape index (κ2) is 120. The summed E-state index contributed by atoms with van der Waals surface area (Å²) in [6, 6.07) is 4.73. The molecule has 0 aliphatic heterocycles. The Kier molecular flexibility index (Phi) is 114. The van der Waals surface area contributed by atoms with E-state index in [-0.39, 0.29) is 206 Å². The van der Waals surface area contributed by atoms with Crippen LogP contribution in [0.15, 0.2) is 28.4 Å². The van der Waals surface area contributed by atoms with Gasteiger partial charge in [-0.1, -0.05) is 10.2 Å². The summed E-state index contributed by atoms with van der Waals surface area (Å²) in [6.45, 7) is 18.9. The van der Waals surface area contributed by atoms with E-state index in [1.54, 1.807) is 12.1 Å². The summed E-state index contributed by atoms with van der Waals surface area (Å²) in [5.41, 5.74) is 23.3. The third kappa shape index (κ3) is 110. The molecule has 139 heavy (non-hydrogen) atoms. The maximum atomic E-state index is 13.0. The second-order valence-electron chi connectivity index (χ2n) is 26.0. The Morgan fingerprint density at radius 2 is 0.353 bits per heavy atom. The van der Waals surface area contributed by atoms with E-state index in [0.29, 0.717) is 309 Å². The van der Waals surface area contributed by atoms with Crippen LogP contribution < -0.4 is 16.4 Å². The number of amides is 2. The lowest BCUT2D eigenvalue weighted by molar-refractivity contribution is -0.242. The summed E-state index contributed by atoms with van der Waals surface area (Å²) in [6.07, 6.45) is 0. The van der Waals surface area contributed by atoms with E-state index in [1.165, 1.54) is 6.07 Å². The van der Waals surface area contributed by atoms with Crippen LogP contribution in [-0.2, 0) is 224 Å². The summed E-state index contributed by atoms with van der Waals surface area (Å²) >= 11 is 0. The molecule has 57 heteroatoms. The molecule has 0 aliphatic carbocycles. The molecule has 57 nitrogen and oxygen atoms in total. The van der Waals surface area contributed by atoms with Gasteiger partial charge in [-0.05, 0) is 34.8 Å². The number of hydrogen-bond donors (Lipinski definition) is 3. The zero-order chi connectivity index (χ0) is 99.1. The number of rotatable bonds is 124. The van der Waals surface area contributed by atoms with E-state index < -0.39 is 5.91 Å². The second-order valence-corrected chi connectivity index (χ2v) is 26.0. The minimum Gasteiger partial charge on any atom is -0.379 e. The largest absolute Gasteiger partial charge is 0.379 e. The van der Waals surface area contributed by atoms with Gasteiger partial charge >= 0.3 is 0 Å². The summed E-state index contributed by atoms with van der Waals surface area (Å²) in [7, 11) is 0. The van der Waals surface area contributed by atoms with Gasteiger partial charge in [-0.3, -0.25) is 9.59 Å². The monoisotopic (exact) mass is 2030 g/mol. The standard InChI is InChI=1S/C82H155N9O48/c83-54-78-51-79(53-80(52-78)82(93)87-2-5-117-56-119-58-121-60-123-62-125-64-127-66-129-68-131-70-133-72-135-74-137-76-139-77-138-75-136-73-134-71-132-69-130-67-128-65-126-63-124-61-122-59-120-57-118-55-89-91-85)81(92)86-1-4-94-7-9-96-11-13-98-15-17-100-19-21-102-23-25-104-27-29-106-31-33-108-35-37-110-39-41-112-43-45-114-47-49-116-50-48-115-46-44-113-42-40-111-38-36-109-34-32-107-30-28-105-26-24-103-22-20-101-18-16-99-14-12-97-10-8-95-6-3-88-90-84/h51-53H,1-50,54-77,83H2,(H,86,92)(H,87,93). The molecule has 4 N–H and O–H groups in total. The van der Waals surface area contributed by atoms with E-state index in [1.807, 2.05) is 0 Å². The topological polar surface area (TPSA) is 606 Å². The summed E-state index contributed by atoms with van der Waals surface area (Å²) < 4.78 is 244. The fourth-order valence-corrected chi connectivity index (χ4v) is 9.01. The first kappa shape index (κ1) is 132. The fourth-order valence-electron chi connectivity index (χ4n) is 9.01. The third-order valence-electron chi connectivity index (χ3n) is 15.3. The molecule has 0 spiro atoms. The molecule has 0 fully saturated rings. The van der Waals surface area contributed by atoms with Gasteiger partial charge in [0.25, 0.3) is 11.8 Å².